The van der Waals surface area contributed by atoms with E-state index in [-0.39, 0.29) is 6.04 Å². The average molecular weight is 229 g/mol. The molecule has 2 rings (SSSR count). The zero-order valence-electron chi connectivity index (χ0n) is 8.84. The minimum Gasteiger partial charge on any atom is -0.364 e. The summed E-state index contributed by atoms with van der Waals surface area (Å²) in [7, 11) is 0. The van der Waals surface area contributed by atoms with Gasteiger partial charge in [-0.15, -0.1) is 11.3 Å². The quantitative estimate of drug-likeness (QED) is 0.879. The molecule has 0 fully saturated rings. The molecule has 1 unspecified atom stereocenters. The average Bonchev–Trinajstić information content (AvgIpc) is 2.81. The predicted octanol–water partition coefficient (Wildman–Crippen LogP) is 3.13. The molecule has 2 aromatic rings. The van der Waals surface area contributed by atoms with Gasteiger partial charge in [-0.1, -0.05) is 18.2 Å². The fraction of sp³-hybridized carbons (Fsp3) is 0.167. The SMILES string of the molecule is Cc1ccccc1NC(C#N)c1nccs1. The summed E-state index contributed by atoms with van der Waals surface area (Å²) in [5, 5.41) is 15.0. The van der Waals surface area contributed by atoms with Gasteiger partial charge in [0.1, 0.15) is 5.01 Å². The van der Waals surface area contributed by atoms with Crippen LogP contribution < -0.4 is 5.32 Å². The molecule has 1 aromatic carbocycles. The third-order valence-electron chi connectivity index (χ3n) is 2.27. The molecule has 0 aliphatic heterocycles. The Kier molecular flexibility index (Phi) is 3.18. The van der Waals surface area contributed by atoms with Crippen LogP contribution in [0.1, 0.15) is 16.6 Å². The molecule has 16 heavy (non-hydrogen) atoms. The molecular formula is C12H11N3S. The van der Waals surface area contributed by atoms with Crippen molar-refractivity contribution in [3.63, 3.8) is 0 Å². The van der Waals surface area contributed by atoms with Crippen LogP contribution in [0.2, 0.25) is 0 Å². The molecule has 0 bridgehead atoms. The maximum atomic E-state index is 9.10. The number of nitriles is 1. The predicted molar refractivity (Wildman–Crippen MR) is 65.3 cm³/mol. The van der Waals surface area contributed by atoms with E-state index >= 15 is 0 Å². The van der Waals surface area contributed by atoms with Crippen LogP contribution in [0.25, 0.3) is 0 Å². The van der Waals surface area contributed by atoms with Crippen LogP contribution in [0.4, 0.5) is 5.69 Å². The van der Waals surface area contributed by atoms with Crippen LogP contribution in [0.3, 0.4) is 0 Å². The minimum atomic E-state index is -0.374. The lowest BCUT2D eigenvalue weighted by molar-refractivity contribution is 0.971. The normalized spacial score (nSPS) is 11.8. The fourth-order valence-corrected chi connectivity index (χ4v) is 2.05. The van der Waals surface area contributed by atoms with E-state index in [2.05, 4.69) is 16.4 Å². The number of aryl methyl sites for hydroxylation is 1. The Morgan fingerprint density at radius 3 is 2.88 bits per heavy atom. The van der Waals surface area contributed by atoms with Gasteiger partial charge in [0.05, 0.1) is 6.07 Å². The van der Waals surface area contributed by atoms with Crippen LogP contribution in [0.15, 0.2) is 35.8 Å². The molecule has 0 saturated carbocycles. The van der Waals surface area contributed by atoms with E-state index in [0.29, 0.717) is 0 Å². The monoisotopic (exact) mass is 229 g/mol. The van der Waals surface area contributed by atoms with Crippen LogP contribution in [0.5, 0.6) is 0 Å². The summed E-state index contributed by atoms with van der Waals surface area (Å²) in [4.78, 5) is 4.15. The molecule has 0 saturated heterocycles. The maximum absolute atomic E-state index is 9.10. The van der Waals surface area contributed by atoms with E-state index in [0.717, 1.165) is 16.3 Å². The summed E-state index contributed by atoms with van der Waals surface area (Å²) in [6.45, 7) is 2.01. The molecule has 0 aliphatic carbocycles. The van der Waals surface area contributed by atoms with Gasteiger partial charge in [0.15, 0.2) is 6.04 Å². The van der Waals surface area contributed by atoms with E-state index in [1.54, 1.807) is 6.20 Å². The molecule has 1 heterocycles. The van der Waals surface area contributed by atoms with Gasteiger partial charge in [-0.2, -0.15) is 5.26 Å². The smallest absolute Gasteiger partial charge is 0.166 e. The first-order valence-electron chi connectivity index (χ1n) is 4.92. The lowest BCUT2D eigenvalue weighted by Crippen LogP contribution is -2.08. The van der Waals surface area contributed by atoms with Crippen molar-refractivity contribution in [1.29, 1.82) is 5.26 Å². The van der Waals surface area contributed by atoms with Crippen molar-refractivity contribution in [1.82, 2.24) is 4.98 Å². The highest BCUT2D eigenvalue weighted by Crippen LogP contribution is 2.22. The first-order chi connectivity index (χ1) is 7.81. The van der Waals surface area contributed by atoms with Gasteiger partial charge in [0.25, 0.3) is 0 Å². The zero-order valence-corrected chi connectivity index (χ0v) is 9.66. The standard InChI is InChI=1S/C12H11N3S/c1-9-4-2-3-5-10(9)15-11(8-13)12-14-6-7-16-12/h2-7,11,15H,1H3. The van der Waals surface area contributed by atoms with E-state index in [9.17, 15) is 0 Å². The lowest BCUT2D eigenvalue weighted by atomic mass is 10.2. The van der Waals surface area contributed by atoms with Crippen LogP contribution in [-0.4, -0.2) is 4.98 Å². The van der Waals surface area contributed by atoms with Gasteiger partial charge < -0.3 is 5.32 Å². The van der Waals surface area contributed by atoms with Crippen molar-refractivity contribution < 1.29 is 0 Å². The molecule has 1 N–H and O–H groups in total. The molecule has 0 spiro atoms. The number of aromatic nitrogens is 1. The zero-order chi connectivity index (χ0) is 11.4. The highest BCUT2D eigenvalue weighted by molar-refractivity contribution is 7.09. The first kappa shape index (κ1) is 10.7. The summed E-state index contributed by atoms with van der Waals surface area (Å²) in [6.07, 6.45) is 1.71. The summed E-state index contributed by atoms with van der Waals surface area (Å²) < 4.78 is 0. The lowest BCUT2D eigenvalue weighted by Gasteiger charge is -2.12. The van der Waals surface area contributed by atoms with Gasteiger partial charge in [0.2, 0.25) is 0 Å². The summed E-state index contributed by atoms with van der Waals surface area (Å²) in [5.74, 6) is 0. The fourth-order valence-electron chi connectivity index (χ4n) is 1.42. The molecule has 0 amide bonds. The van der Waals surface area contributed by atoms with Crippen molar-refractivity contribution in [2.24, 2.45) is 0 Å². The highest BCUT2D eigenvalue weighted by Gasteiger charge is 2.13. The number of thiazole rings is 1. The molecule has 0 radical (unpaired) electrons. The summed E-state index contributed by atoms with van der Waals surface area (Å²) >= 11 is 1.48. The number of hydrogen-bond donors (Lipinski definition) is 1. The Balaban J connectivity index is 2.21. The third kappa shape index (κ3) is 2.20. The van der Waals surface area contributed by atoms with E-state index < -0.39 is 0 Å². The number of nitrogens with zero attached hydrogens (tertiary/aromatic N) is 2. The summed E-state index contributed by atoms with van der Waals surface area (Å²) in [6, 6.07) is 9.75. The molecular weight excluding hydrogens is 218 g/mol. The number of nitrogens with one attached hydrogen (secondary N) is 1. The molecule has 80 valence electrons. The molecule has 4 heteroatoms. The highest BCUT2D eigenvalue weighted by atomic mass is 32.1. The number of benzene rings is 1. The van der Waals surface area contributed by atoms with Gasteiger partial charge >= 0.3 is 0 Å². The molecule has 1 atom stereocenters. The Morgan fingerprint density at radius 2 is 2.25 bits per heavy atom. The van der Waals surface area contributed by atoms with Crippen LogP contribution in [-0.2, 0) is 0 Å². The van der Waals surface area contributed by atoms with Gasteiger partial charge in [-0.25, -0.2) is 4.98 Å². The van der Waals surface area contributed by atoms with Crippen molar-refractivity contribution in [3.05, 3.63) is 46.4 Å². The van der Waals surface area contributed by atoms with Crippen LogP contribution >= 0.6 is 11.3 Å². The van der Waals surface area contributed by atoms with E-state index in [1.165, 1.54) is 11.3 Å². The summed E-state index contributed by atoms with van der Waals surface area (Å²) in [5.41, 5.74) is 2.10. The van der Waals surface area contributed by atoms with Gasteiger partial charge in [-0.05, 0) is 18.6 Å². The number of para-hydroxylation sites is 1. The van der Waals surface area contributed by atoms with Crippen molar-refractivity contribution >= 4 is 17.0 Å². The Morgan fingerprint density at radius 1 is 1.44 bits per heavy atom. The first-order valence-corrected chi connectivity index (χ1v) is 5.80. The van der Waals surface area contributed by atoms with Crippen molar-refractivity contribution in [2.45, 2.75) is 13.0 Å². The number of anilines is 1. The van der Waals surface area contributed by atoms with E-state index in [4.69, 9.17) is 5.26 Å². The third-order valence-corrected chi connectivity index (χ3v) is 3.11. The second-order valence-corrected chi connectivity index (χ2v) is 4.32. The number of rotatable bonds is 3. The topological polar surface area (TPSA) is 48.7 Å². The Bertz CT molecular complexity index is 499. The Hall–Kier alpha value is -1.86. The maximum Gasteiger partial charge on any atom is 0.166 e. The van der Waals surface area contributed by atoms with Crippen molar-refractivity contribution in [3.8, 4) is 6.07 Å². The van der Waals surface area contributed by atoms with Crippen molar-refractivity contribution in [2.75, 3.05) is 5.32 Å². The van der Waals surface area contributed by atoms with E-state index in [1.807, 2.05) is 36.6 Å². The minimum absolute atomic E-state index is 0.374. The molecule has 1 aromatic heterocycles. The van der Waals surface area contributed by atoms with Crippen LogP contribution in [0, 0.1) is 18.3 Å². The van der Waals surface area contributed by atoms with Gasteiger partial charge in [-0.3, -0.25) is 0 Å². The van der Waals surface area contributed by atoms with Gasteiger partial charge in [0, 0.05) is 17.3 Å². The second-order valence-electron chi connectivity index (χ2n) is 3.39. The molecule has 0 aliphatic rings. The largest absolute Gasteiger partial charge is 0.364 e. The molecule has 3 nitrogen and oxygen atoms in total. The Labute approximate surface area is 98.4 Å². The second kappa shape index (κ2) is 4.77. The number of hydrogen-bond acceptors (Lipinski definition) is 4.